The molecule has 1 aromatic carbocycles. The first kappa shape index (κ1) is 14.9. The Kier molecular flexibility index (Phi) is 4.43. The zero-order chi connectivity index (χ0) is 15.3. The van der Waals surface area contributed by atoms with E-state index in [0.29, 0.717) is 24.2 Å². The highest BCUT2D eigenvalue weighted by atomic mass is 16.5. The van der Waals surface area contributed by atoms with Crippen LogP contribution in [0.4, 0.5) is 0 Å². The van der Waals surface area contributed by atoms with Crippen LogP contribution in [0.15, 0.2) is 24.3 Å². The zero-order valence-electron chi connectivity index (χ0n) is 11.6. The van der Waals surface area contributed by atoms with Gasteiger partial charge in [-0.2, -0.15) is 5.26 Å². The topological polar surface area (TPSA) is 105 Å². The molecule has 1 aliphatic carbocycles. The minimum Gasteiger partial charge on any atom is -0.484 e. The summed E-state index contributed by atoms with van der Waals surface area (Å²) in [5, 5.41) is 11.9. The first-order chi connectivity index (χ1) is 10.0. The van der Waals surface area contributed by atoms with Crippen LogP contribution < -0.4 is 15.8 Å². The smallest absolute Gasteiger partial charge is 0.259 e. The quantitative estimate of drug-likeness (QED) is 0.846. The van der Waals surface area contributed by atoms with E-state index in [1.807, 2.05) is 0 Å². The number of primary amides is 1. The molecule has 6 heteroatoms. The molecule has 0 heterocycles. The van der Waals surface area contributed by atoms with Gasteiger partial charge in [0.25, 0.3) is 5.91 Å². The number of carbonyl (C=O) groups excluding carboxylic acids is 2. The highest BCUT2D eigenvalue weighted by Gasteiger charge is 2.35. The average Bonchev–Trinajstić information content (AvgIpc) is 2.94. The van der Waals surface area contributed by atoms with Crippen molar-refractivity contribution in [3.8, 4) is 11.8 Å². The third kappa shape index (κ3) is 3.72. The van der Waals surface area contributed by atoms with Gasteiger partial charge < -0.3 is 15.8 Å². The number of hydrogen-bond donors (Lipinski definition) is 2. The molecule has 2 rings (SSSR count). The van der Waals surface area contributed by atoms with Crippen molar-refractivity contribution in [2.45, 2.75) is 31.2 Å². The lowest BCUT2D eigenvalue weighted by Crippen LogP contribution is -2.47. The minimum atomic E-state index is -0.740. The fourth-order valence-electron chi connectivity index (χ4n) is 2.41. The summed E-state index contributed by atoms with van der Waals surface area (Å²) < 4.78 is 5.33. The summed E-state index contributed by atoms with van der Waals surface area (Å²) in [6, 6.07) is 8.39. The van der Waals surface area contributed by atoms with Crippen molar-refractivity contribution in [2.24, 2.45) is 5.73 Å². The van der Waals surface area contributed by atoms with Crippen molar-refractivity contribution in [3.05, 3.63) is 29.8 Å². The van der Waals surface area contributed by atoms with Crippen LogP contribution in [-0.2, 0) is 4.79 Å². The molecule has 0 bridgehead atoms. The summed E-state index contributed by atoms with van der Waals surface area (Å²) in [6.45, 7) is -0.167. The molecule has 1 fully saturated rings. The second kappa shape index (κ2) is 6.27. The largest absolute Gasteiger partial charge is 0.484 e. The van der Waals surface area contributed by atoms with Crippen molar-refractivity contribution < 1.29 is 14.3 Å². The Labute approximate surface area is 122 Å². The Bertz CT molecular complexity index is 569. The van der Waals surface area contributed by atoms with E-state index in [1.54, 1.807) is 12.1 Å². The van der Waals surface area contributed by atoms with E-state index >= 15 is 0 Å². The Hall–Kier alpha value is -2.55. The van der Waals surface area contributed by atoms with Gasteiger partial charge >= 0.3 is 0 Å². The fraction of sp³-hybridized carbons (Fsp3) is 0.400. The molecule has 0 atom stereocenters. The maximum absolute atomic E-state index is 11.9. The molecule has 1 saturated carbocycles. The number of nitrogens with two attached hydrogens (primary N) is 1. The molecule has 0 aromatic heterocycles. The van der Waals surface area contributed by atoms with E-state index in [9.17, 15) is 14.9 Å². The summed E-state index contributed by atoms with van der Waals surface area (Å²) in [6.07, 6.45) is 3.26. The van der Waals surface area contributed by atoms with Crippen molar-refractivity contribution in [1.82, 2.24) is 5.32 Å². The van der Waals surface area contributed by atoms with E-state index in [4.69, 9.17) is 10.5 Å². The summed E-state index contributed by atoms with van der Waals surface area (Å²) in [5.41, 5.74) is 4.77. The first-order valence-electron chi connectivity index (χ1n) is 6.80. The van der Waals surface area contributed by atoms with Gasteiger partial charge in [-0.25, -0.2) is 0 Å². The predicted molar refractivity (Wildman–Crippen MR) is 75.4 cm³/mol. The second-order valence-electron chi connectivity index (χ2n) is 5.13. The van der Waals surface area contributed by atoms with Crippen molar-refractivity contribution in [1.29, 1.82) is 5.26 Å². The van der Waals surface area contributed by atoms with Gasteiger partial charge in [0.15, 0.2) is 6.61 Å². The first-order valence-corrected chi connectivity index (χ1v) is 6.80. The number of nitrogens with one attached hydrogen (secondary N) is 1. The van der Waals surface area contributed by atoms with Gasteiger partial charge in [-0.3, -0.25) is 9.59 Å². The van der Waals surface area contributed by atoms with Crippen LogP contribution in [0.3, 0.4) is 0 Å². The van der Waals surface area contributed by atoms with E-state index in [0.717, 1.165) is 12.8 Å². The van der Waals surface area contributed by atoms with Gasteiger partial charge in [0.2, 0.25) is 5.91 Å². The van der Waals surface area contributed by atoms with Gasteiger partial charge in [-0.1, -0.05) is 0 Å². The minimum absolute atomic E-state index is 0.167. The van der Waals surface area contributed by atoms with Crippen molar-refractivity contribution in [2.75, 3.05) is 6.61 Å². The van der Waals surface area contributed by atoms with E-state index < -0.39 is 11.4 Å². The van der Waals surface area contributed by atoms with E-state index in [2.05, 4.69) is 11.4 Å². The van der Waals surface area contributed by atoms with Gasteiger partial charge in [0, 0.05) is 5.56 Å². The molecule has 1 aliphatic rings. The van der Waals surface area contributed by atoms with E-state index in [1.165, 1.54) is 12.1 Å². The Balaban J connectivity index is 1.86. The molecular formula is C15H17N3O3. The number of benzene rings is 1. The van der Waals surface area contributed by atoms with Gasteiger partial charge in [-0.15, -0.1) is 0 Å². The summed E-state index contributed by atoms with van der Waals surface area (Å²) in [4.78, 5) is 22.8. The lowest BCUT2D eigenvalue weighted by molar-refractivity contribution is -0.124. The predicted octanol–water partition coefficient (Wildman–Crippen LogP) is 1.12. The number of carbonyl (C=O) groups is 2. The molecule has 0 aliphatic heterocycles. The maximum Gasteiger partial charge on any atom is 0.259 e. The summed E-state index contributed by atoms with van der Waals surface area (Å²) in [7, 11) is 0. The lowest BCUT2D eigenvalue weighted by atomic mass is 10.00. The molecular weight excluding hydrogens is 270 g/mol. The molecule has 0 saturated heterocycles. The summed E-state index contributed by atoms with van der Waals surface area (Å²) >= 11 is 0. The summed E-state index contributed by atoms with van der Waals surface area (Å²) in [5.74, 6) is -0.374. The normalized spacial score (nSPS) is 16.0. The Morgan fingerprint density at radius 3 is 2.43 bits per heavy atom. The van der Waals surface area contributed by atoms with Crippen LogP contribution in [0.5, 0.6) is 5.75 Å². The highest BCUT2D eigenvalue weighted by Crippen LogP contribution is 2.28. The monoisotopic (exact) mass is 287 g/mol. The number of nitriles is 1. The number of amides is 2. The van der Waals surface area contributed by atoms with Crippen LogP contribution >= 0.6 is 0 Å². The Morgan fingerprint density at radius 2 is 1.90 bits per heavy atom. The highest BCUT2D eigenvalue weighted by molar-refractivity contribution is 5.92. The van der Waals surface area contributed by atoms with Gasteiger partial charge in [0.05, 0.1) is 6.07 Å². The molecule has 21 heavy (non-hydrogen) atoms. The fourth-order valence-corrected chi connectivity index (χ4v) is 2.41. The molecule has 3 N–H and O–H groups in total. The third-order valence-electron chi connectivity index (χ3n) is 3.56. The average molecular weight is 287 g/mol. The number of ether oxygens (including phenoxy) is 1. The van der Waals surface area contributed by atoms with Crippen LogP contribution in [-0.4, -0.2) is 24.0 Å². The number of nitrogens with zero attached hydrogens (tertiary/aromatic N) is 1. The molecule has 1 aromatic rings. The SMILES string of the molecule is N#CC1(NC(=O)COc2ccc(C(N)=O)cc2)CCCC1. The van der Waals surface area contributed by atoms with Crippen LogP contribution in [0.25, 0.3) is 0 Å². The molecule has 6 nitrogen and oxygen atoms in total. The van der Waals surface area contributed by atoms with Crippen LogP contribution in [0, 0.1) is 11.3 Å². The second-order valence-corrected chi connectivity index (χ2v) is 5.13. The molecule has 0 unspecified atom stereocenters. The molecule has 0 radical (unpaired) electrons. The van der Waals surface area contributed by atoms with Crippen LogP contribution in [0.1, 0.15) is 36.0 Å². The number of hydrogen-bond acceptors (Lipinski definition) is 4. The third-order valence-corrected chi connectivity index (χ3v) is 3.56. The van der Waals surface area contributed by atoms with Gasteiger partial charge in [-0.05, 0) is 49.9 Å². The van der Waals surface area contributed by atoms with Crippen molar-refractivity contribution >= 4 is 11.8 Å². The Morgan fingerprint density at radius 1 is 1.29 bits per heavy atom. The van der Waals surface area contributed by atoms with Crippen LogP contribution in [0.2, 0.25) is 0 Å². The zero-order valence-corrected chi connectivity index (χ0v) is 11.6. The van der Waals surface area contributed by atoms with Crippen molar-refractivity contribution in [3.63, 3.8) is 0 Å². The maximum atomic E-state index is 11.9. The lowest BCUT2D eigenvalue weighted by Gasteiger charge is -2.21. The van der Waals surface area contributed by atoms with Gasteiger partial charge in [0.1, 0.15) is 11.3 Å². The molecule has 0 spiro atoms. The standard InChI is InChI=1S/C15H17N3O3/c16-10-15(7-1-2-8-15)18-13(19)9-21-12-5-3-11(4-6-12)14(17)20/h3-6H,1-2,7-9H2,(H2,17,20)(H,18,19). The molecule has 2 amide bonds. The van der Waals surface area contributed by atoms with E-state index in [-0.39, 0.29) is 12.5 Å². The number of rotatable bonds is 5. The molecule has 110 valence electrons.